The second-order valence-corrected chi connectivity index (χ2v) is 6.92. The number of aliphatic hydroxyl groups is 1. The predicted molar refractivity (Wildman–Crippen MR) is 99.5 cm³/mol. The van der Waals surface area contributed by atoms with Gasteiger partial charge in [0.1, 0.15) is 6.20 Å². The second-order valence-electron chi connectivity index (χ2n) is 6.92. The van der Waals surface area contributed by atoms with E-state index in [0.717, 1.165) is 13.0 Å². The molecule has 0 amide bonds. The number of likely N-dealkylation sites (N-methyl/N-ethyl adjacent to an activating group) is 1. The molecule has 3 unspecified atom stereocenters. The zero-order valence-corrected chi connectivity index (χ0v) is 15.6. The fourth-order valence-corrected chi connectivity index (χ4v) is 3.45. The number of hydrogen-bond donors (Lipinski definition) is 2. The number of hydrogen-bond acceptors (Lipinski definition) is 2. The van der Waals surface area contributed by atoms with Crippen molar-refractivity contribution in [2.24, 2.45) is 0 Å². The monoisotopic (exact) mass is 323 g/mol. The van der Waals surface area contributed by atoms with Crippen LogP contribution in [0.3, 0.4) is 0 Å². The molecule has 0 aromatic heterocycles. The van der Waals surface area contributed by atoms with Crippen LogP contribution in [0.4, 0.5) is 0 Å². The lowest BCUT2D eigenvalue weighted by Gasteiger charge is -2.37. The molecule has 0 aromatic rings. The molecule has 3 atom stereocenters. The summed E-state index contributed by atoms with van der Waals surface area (Å²) < 4.78 is 0.592. The molecule has 0 aromatic carbocycles. The smallest absolute Gasteiger partial charge is 0.193 e. The number of allylic oxidation sites excluding steroid dienone is 1. The van der Waals surface area contributed by atoms with Crippen LogP contribution in [0.2, 0.25) is 0 Å². The Morgan fingerprint density at radius 2 is 1.65 bits per heavy atom. The third-order valence-electron chi connectivity index (χ3n) is 5.17. The number of aliphatic hydroxyl groups excluding tert-OH is 1. The lowest BCUT2D eigenvalue weighted by atomic mass is 10.1. The summed E-state index contributed by atoms with van der Waals surface area (Å²) in [7, 11) is 0. The summed E-state index contributed by atoms with van der Waals surface area (Å²) in [5, 5.41) is 13.5. The first-order valence-electron chi connectivity index (χ1n) is 9.83. The average molecular weight is 324 g/mol. The number of unbranched alkanes of at least 4 members (excludes halogenated alkanes) is 9. The van der Waals surface area contributed by atoms with Crippen LogP contribution >= 0.6 is 0 Å². The third kappa shape index (κ3) is 6.68. The van der Waals surface area contributed by atoms with Gasteiger partial charge in [0, 0.05) is 6.92 Å². The maximum atomic E-state index is 10.1. The third-order valence-corrected chi connectivity index (χ3v) is 5.17. The quantitative estimate of drug-likeness (QED) is 0.283. The number of rotatable bonds is 13. The highest BCUT2D eigenvalue weighted by atomic mass is 16.3. The molecule has 0 saturated carbocycles. The molecule has 1 aliphatic rings. The molecule has 3 heteroatoms. The molecule has 0 aliphatic carbocycles. The van der Waals surface area contributed by atoms with Gasteiger partial charge in [-0.25, -0.2) is 4.48 Å². The Bertz CT molecular complexity index is 352. The Kier molecular flexibility index (Phi) is 10.3. The SMILES string of the molecule is CCCCCCCCCCC/C=C/C1NC=C[N+]1(CC)C(C)O. The standard InChI is InChI=1S/C20H39N2O/c1-4-6-7-8-9-10-11-12-13-14-15-16-20-21-17-18-22(20,5-2)19(3)23/h15-21,23H,4-14H2,1-3H3/q+1/b16-15+. The first-order valence-corrected chi connectivity index (χ1v) is 9.83. The normalized spacial score (nSPS) is 25.1. The van der Waals surface area contributed by atoms with Crippen LogP contribution in [-0.4, -0.2) is 28.5 Å². The lowest BCUT2D eigenvalue weighted by Crippen LogP contribution is -2.56. The molecule has 23 heavy (non-hydrogen) atoms. The van der Waals surface area contributed by atoms with Gasteiger partial charge in [-0.2, -0.15) is 0 Å². The molecule has 1 aliphatic heterocycles. The molecular weight excluding hydrogens is 284 g/mol. The van der Waals surface area contributed by atoms with Crippen molar-refractivity contribution in [2.45, 2.75) is 97.4 Å². The lowest BCUT2D eigenvalue weighted by molar-refractivity contribution is -0.935. The van der Waals surface area contributed by atoms with Gasteiger partial charge in [0.25, 0.3) is 0 Å². The van der Waals surface area contributed by atoms with Crippen molar-refractivity contribution in [3.8, 4) is 0 Å². The van der Waals surface area contributed by atoms with Crippen molar-refractivity contribution in [1.29, 1.82) is 0 Å². The zero-order valence-electron chi connectivity index (χ0n) is 15.6. The first kappa shape index (κ1) is 20.2. The molecule has 1 heterocycles. The Labute approximate surface area is 144 Å². The van der Waals surface area contributed by atoms with Crippen LogP contribution in [0.15, 0.2) is 24.6 Å². The molecule has 3 nitrogen and oxygen atoms in total. The van der Waals surface area contributed by atoms with Gasteiger partial charge in [-0.05, 0) is 25.8 Å². The minimum absolute atomic E-state index is 0.179. The maximum absolute atomic E-state index is 10.1. The highest BCUT2D eigenvalue weighted by molar-refractivity contribution is 4.97. The van der Waals surface area contributed by atoms with Crippen LogP contribution in [0, 0.1) is 0 Å². The topological polar surface area (TPSA) is 32.3 Å². The second kappa shape index (κ2) is 11.7. The maximum Gasteiger partial charge on any atom is 0.193 e. The molecule has 0 spiro atoms. The Hall–Kier alpha value is -0.800. The molecular formula is C20H39N2O+. The van der Waals surface area contributed by atoms with Gasteiger partial charge in [0.15, 0.2) is 12.4 Å². The van der Waals surface area contributed by atoms with Crippen LogP contribution in [0.5, 0.6) is 0 Å². The van der Waals surface area contributed by atoms with Crippen molar-refractivity contribution in [3.05, 3.63) is 24.6 Å². The summed E-state index contributed by atoms with van der Waals surface area (Å²) in [6, 6.07) is 0. The molecule has 134 valence electrons. The largest absolute Gasteiger partial charge is 0.345 e. The molecule has 0 bridgehead atoms. The van der Waals surface area contributed by atoms with E-state index in [1.165, 1.54) is 57.8 Å². The van der Waals surface area contributed by atoms with E-state index in [1.54, 1.807) is 0 Å². The summed E-state index contributed by atoms with van der Waals surface area (Å²) in [5.41, 5.74) is 0. The van der Waals surface area contributed by atoms with Crippen molar-refractivity contribution in [1.82, 2.24) is 5.32 Å². The van der Waals surface area contributed by atoms with Crippen LogP contribution in [-0.2, 0) is 0 Å². The van der Waals surface area contributed by atoms with E-state index >= 15 is 0 Å². The molecule has 0 radical (unpaired) electrons. The number of quaternary nitrogens is 1. The zero-order chi connectivity index (χ0) is 17.0. The van der Waals surface area contributed by atoms with Crippen molar-refractivity contribution >= 4 is 0 Å². The fourth-order valence-electron chi connectivity index (χ4n) is 3.45. The van der Waals surface area contributed by atoms with E-state index in [1.807, 2.05) is 13.1 Å². The van der Waals surface area contributed by atoms with E-state index in [9.17, 15) is 5.11 Å². The molecule has 1 rings (SSSR count). The van der Waals surface area contributed by atoms with Crippen LogP contribution < -0.4 is 5.32 Å². The van der Waals surface area contributed by atoms with Gasteiger partial charge in [0.2, 0.25) is 0 Å². The molecule has 0 fully saturated rings. The van der Waals surface area contributed by atoms with E-state index < -0.39 is 0 Å². The van der Waals surface area contributed by atoms with E-state index in [2.05, 4.69) is 37.5 Å². The summed E-state index contributed by atoms with van der Waals surface area (Å²) in [6.45, 7) is 7.18. The van der Waals surface area contributed by atoms with Gasteiger partial charge >= 0.3 is 0 Å². The predicted octanol–water partition coefficient (Wildman–Crippen LogP) is 5.04. The number of nitrogens with zero attached hydrogens (tertiary/aromatic N) is 1. The Morgan fingerprint density at radius 1 is 1.04 bits per heavy atom. The first-order chi connectivity index (χ1) is 11.2. The van der Waals surface area contributed by atoms with Crippen molar-refractivity contribution in [3.63, 3.8) is 0 Å². The summed E-state index contributed by atoms with van der Waals surface area (Å²) in [5.74, 6) is 0. The minimum Gasteiger partial charge on any atom is -0.345 e. The van der Waals surface area contributed by atoms with Crippen LogP contribution in [0.25, 0.3) is 0 Å². The van der Waals surface area contributed by atoms with E-state index in [4.69, 9.17) is 0 Å². The fraction of sp³-hybridized carbons (Fsp3) is 0.800. The van der Waals surface area contributed by atoms with Gasteiger partial charge < -0.3 is 10.4 Å². The highest BCUT2D eigenvalue weighted by Gasteiger charge is 2.39. The minimum atomic E-state index is -0.381. The number of nitrogens with one attached hydrogen (secondary N) is 1. The van der Waals surface area contributed by atoms with Gasteiger partial charge in [-0.3, -0.25) is 0 Å². The van der Waals surface area contributed by atoms with Crippen molar-refractivity contribution in [2.75, 3.05) is 6.54 Å². The van der Waals surface area contributed by atoms with Crippen LogP contribution in [0.1, 0.15) is 85.0 Å². The average Bonchev–Trinajstić information content (AvgIpc) is 2.97. The Balaban J connectivity index is 2.10. The summed E-state index contributed by atoms with van der Waals surface area (Å²) in [4.78, 5) is 0. The van der Waals surface area contributed by atoms with E-state index in [-0.39, 0.29) is 12.4 Å². The Morgan fingerprint density at radius 3 is 2.22 bits per heavy atom. The molecule has 0 saturated heterocycles. The van der Waals surface area contributed by atoms with Crippen molar-refractivity contribution < 1.29 is 9.59 Å². The summed E-state index contributed by atoms with van der Waals surface area (Å²) >= 11 is 0. The van der Waals surface area contributed by atoms with Gasteiger partial charge in [-0.15, -0.1) is 0 Å². The highest BCUT2D eigenvalue weighted by Crippen LogP contribution is 2.23. The van der Waals surface area contributed by atoms with Gasteiger partial charge in [0.05, 0.1) is 12.7 Å². The summed E-state index contributed by atoms with van der Waals surface area (Å²) in [6.07, 6.45) is 21.9. The van der Waals surface area contributed by atoms with Gasteiger partial charge in [-0.1, -0.05) is 64.4 Å². The van der Waals surface area contributed by atoms with E-state index in [0.29, 0.717) is 4.48 Å². The molecule has 2 N–H and O–H groups in total.